The fourth-order valence-corrected chi connectivity index (χ4v) is 2.85. The van der Waals surface area contributed by atoms with E-state index < -0.39 is 0 Å². The quantitative estimate of drug-likeness (QED) is 0.704. The van der Waals surface area contributed by atoms with Crippen molar-refractivity contribution in [3.63, 3.8) is 0 Å². The lowest BCUT2D eigenvalue weighted by atomic mass is 10.1. The van der Waals surface area contributed by atoms with Crippen LogP contribution in [0.3, 0.4) is 0 Å². The first-order valence-corrected chi connectivity index (χ1v) is 8.02. The van der Waals surface area contributed by atoms with E-state index in [1.54, 1.807) is 7.11 Å². The lowest BCUT2D eigenvalue weighted by Gasteiger charge is -2.25. The maximum absolute atomic E-state index is 5.07. The molecule has 1 aliphatic heterocycles. The van der Waals surface area contributed by atoms with Crippen LogP contribution in [0.2, 0.25) is 0 Å². The molecular weight excluding hydrogens is 262 g/mol. The number of para-hydroxylation sites is 1. The van der Waals surface area contributed by atoms with Gasteiger partial charge >= 0.3 is 0 Å². The number of benzene rings is 1. The minimum absolute atomic E-state index is 0.757. The van der Waals surface area contributed by atoms with Crippen molar-refractivity contribution < 1.29 is 4.74 Å². The average molecular weight is 291 g/mol. The van der Waals surface area contributed by atoms with Crippen LogP contribution in [0.5, 0.6) is 0 Å². The molecule has 1 aliphatic rings. The van der Waals surface area contributed by atoms with Crippen LogP contribution in [0.15, 0.2) is 24.3 Å². The van der Waals surface area contributed by atoms with Crippen LogP contribution in [0.1, 0.15) is 18.4 Å². The Labute approximate surface area is 129 Å². The summed E-state index contributed by atoms with van der Waals surface area (Å²) < 4.78 is 5.07. The summed E-state index contributed by atoms with van der Waals surface area (Å²) in [6, 6.07) is 8.67. The fraction of sp³-hybridized carbons (Fsp3) is 0.647. The topological polar surface area (TPSA) is 27.7 Å². The molecule has 0 aromatic heterocycles. The van der Waals surface area contributed by atoms with Crippen LogP contribution in [0.25, 0.3) is 0 Å². The molecule has 0 amide bonds. The molecule has 0 aliphatic carbocycles. The van der Waals surface area contributed by atoms with Crippen molar-refractivity contribution >= 4 is 5.69 Å². The van der Waals surface area contributed by atoms with Gasteiger partial charge in [0.15, 0.2) is 0 Å². The number of methoxy groups -OCH3 is 1. The molecule has 1 fully saturated rings. The summed E-state index contributed by atoms with van der Waals surface area (Å²) >= 11 is 0. The minimum Gasteiger partial charge on any atom is -0.383 e. The summed E-state index contributed by atoms with van der Waals surface area (Å²) in [6.07, 6.45) is 2.73. The van der Waals surface area contributed by atoms with Gasteiger partial charge in [-0.15, -0.1) is 0 Å². The van der Waals surface area contributed by atoms with Gasteiger partial charge in [-0.05, 0) is 37.6 Å². The van der Waals surface area contributed by atoms with Crippen molar-refractivity contribution in [3.8, 4) is 0 Å². The second kappa shape index (κ2) is 9.03. The summed E-state index contributed by atoms with van der Waals surface area (Å²) in [5, 5.41) is 3.43. The third-order valence-electron chi connectivity index (χ3n) is 4.15. The van der Waals surface area contributed by atoms with E-state index in [1.165, 1.54) is 43.7 Å². The maximum Gasteiger partial charge on any atom is 0.0587 e. The van der Waals surface area contributed by atoms with Gasteiger partial charge in [-0.25, -0.2) is 0 Å². The number of likely N-dealkylation sites (tertiary alicyclic amines) is 1. The fourth-order valence-electron chi connectivity index (χ4n) is 2.85. The number of nitrogens with zero attached hydrogens (tertiary/aromatic N) is 2. The van der Waals surface area contributed by atoms with E-state index in [-0.39, 0.29) is 0 Å². The lowest BCUT2D eigenvalue weighted by Crippen LogP contribution is -2.32. The smallest absolute Gasteiger partial charge is 0.0587 e. The summed E-state index contributed by atoms with van der Waals surface area (Å²) in [4.78, 5) is 4.95. The summed E-state index contributed by atoms with van der Waals surface area (Å²) in [5.41, 5.74) is 2.69. The molecule has 4 heteroatoms. The summed E-state index contributed by atoms with van der Waals surface area (Å²) in [6.45, 7) is 7.35. The monoisotopic (exact) mass is 291 g/mol. The van der Waals surface area contributed by atoms with Crippen molar-refractivity contribution in [2.75, 3.05) is 58.4 Å². The largest absolute Gasteiger partial charge is 0.383 e. The van der Waals surface area contributed by atoms with Gasteiger partial charge in [0.1, 0.15) is 0 Å². The normalized spacial score (nSPS) is 15.5. The Morgan fingerprint density at radius 2 is 2.00 bits per heavy atom. The maximum atomic E-state index is 5.07. The third kappa shape index (κ3) is 5.30. The molecular formula is C17H29N3O. The van der Waals surface area contributed by atoms with Gasteiger partial charge < -0.3 is 19.9 Å². The van der Waals surface area contributed by atoms with Crippen LogP contribution in [0.4, 0.5) is 5.69 Å². The number of hydrogen-bond donors (Lipinski definition) is 1. The van der Waals surface area contributed by atoms with Gasteiger partial charge in [-0.2, -0.15) is 0 Å². The number of nitrogens with one attached hydrogen (secondary N) is 1. The molecule has 0 radical (unpaired) electrons. The zero-order valence-corrected chi connectivity index (χ0v) is 13.5. The number of ether oxygens (including phenoxy) is 1. The first kappa shape index (κ1) is 16.3. The average Bonchev–Trinajstić information content (AvgIpc) is 3.03. The molecule has 1 aromatic carbocycles. The standard InChI is InChI=1S/C17H29N3O/c1-19(12-13-20-10-5-6-11-20)17-8-4-3-7-16(17)15-18-9-14-21-2/h3-4,7-8,18H,5-6,9-15H2,1-2H3. The van der Waals surface area contributed by atoms with E-state index >= 15 is 0 Å². The SMILES string of the molecule is COCCNCc1ccccc1N(C)CCN1CCCC1. The zero-order chi connectivity index (χ0) is 14.9. The van der Waals surface area contributed by atoms with Crippen molar-refractivity contribution in [1.82, 2.24) is 10.2 Å². The molecule has 0 unspecified atom stereocenters. The molecule has 0 atom stereocenters. The molecule has 2 rings (SSSR count). The Morgan fingerprint density at radius 1 is 1.24 bits per heavy atom. The second-order valence-electron chi connectivity index (χ2n) is 5.77. The van der Waals surface area contributed by atoms with Gasteiger partial charge in [0, 0.05) is 46.0 Å². The Hall–Kier alpha value is -1.10. The highest BCUT2D eigenvalue weighted by atomic mass is 16.5. The van der Waals surface area contributed by atoms with E-state index in [4.69, 9.17) is 4.74 Å². The first-order chi connectivity index (χ1) is 10.3. The number of likely N-dealkylation sites (N-methyl/N-ethyl adjacent to an activating group) is 1. The molecule has 0 spiro atoms. The van der Waals surface area contributed by atoms with Crippen molar-refractivity contribution in [1.29, 1.82) is 0 Å². The van der Waals surface area contributed by atoms with Gasteiger partial charge in [0.25, 0.3) is 0 Å². The van der Waals surface area contributed by atoms with E-state index in [0.717, 1.165) is 26.2 Å². The van der Waals surface area contributed by atoms with Gasteiger partial charge in [0.05, 0.1) is 6.61 Å². The highest BCUT2D eigenvalue weighted by Crippen LogP contribution is 2.19. The number of rotatable bonds is 9. The Bertz CT molecular complexity index is 405. The van der Waals surface area contributed by atoms with Crippen LogP contribution >= 0.6 is 0 Å². The minimum atomic E-state index is 0.757. The Balaban J connectivity index is 1.84. The summed E-state index contributed by atoms with van der Waals surface area (Å²) in [7, 11) is 3.94. The molecule has 1 N–H and O–H groups in total. The Morgan fingerprint density at radius 3 is 2.76 bits per heavy atom. The molecule has 21 heavy (non-hydrogen) atoms. The zero-order valence-electron chi connectivity index (χ0n) is 13.5. The molecule has 1 heterocycles. The molecule has 1 aromatic rings. The number of anilines is 1. The van der Waals surface area contributed by atoms with Crippen molar-refractivity contribution in [2.24, 2.45) is 0 Å². The van der Waals surface area contributed by atoms with Crippen LogP contribution in [-0.2, 0) is 11.3 Å². The predicted molar refractivity (Wildman–Crippen MR) is 89.0 cm³/mol. The first-order valence-electron chi connectivity index (χ1n) is 8.02. The molecule has 0 bridgehead atoms. The Kier molecular flexibility index (Phi) is 7.00. The van der Waals surface area contributed by atoms with Crippen LogP contribution in [-0.4, -0.2) is 58.4 Å². The van der Waals surface area contributed by atoms with Gasteiger partial charge in [0.2, 0.25) is 0 Å². The third-order valence-corrected chi connectivity index (χ3v) is 4.15. The molecule has 0 saturated carbocycles. The van der Waals surface area contributed by atoms with Gasteiger partial charge in [-0.1, -0.05) is 18.2 Å². The van der Waals surface area contributed by atoms with E-state index in [0.29, 0.717) is 0 Å². The highest BCUT2D eigenvalue weighted by molar-refractivity contribution is 5.53. The van der Waals surface area contributed by atoms with Gasteiger partial charge in [-0.3, -0.25) is 0 Å². The number of hydrogen-bond acceptors (Lipinski definition) is 4. The van der Waals surface area contributed by atoms with Crippen molar-refractivity contribution in [2.45, 2.75) is 19.4 Å². The molecule has 118 valence electrons. The predicted octanol–water partition coefficient (Wildman–Crippen LogP) is 1.95. The van der Waals surface area contributed by atoms with Crippen LogP contribution < -0.4 is 10.2 Å². The van der Waals surface area contributed by atoms with E-state index in [1.807, 2.05) is 0 Å². The van der Waals surface area contributed by atoms with Crippen LogP contribution in [0, 0.1) is 0 Å². The highest BCUT2D eigenvalue weighted by Gasteiger charge is 2.13. The second-order valence-corrected chi connectivity index (χ2v) is 5.77. The van der Waals surface area contributed by atoms with E-state index in [2.05, 4.69) is 46.4 Å². The summed E-state index contributed by atoms with van der Waals surface area (Å²) in [5.74, 6) is 0. The molecule has 4 nitrogen and oxygen atoms in total. The molecule has 1 saturated heterocycles. The van der Waals surface area contributed by atoms with E-state index in [9.17, 15) is 0 Å². The van der Waals surface area contributed by atoms with Crippen molar-refractivity contribution in [3.05, 3.63) is 29.8 Å². The lowest BCUT2D eigenvalue weighted by molar-refractivity contribution is 0.199.